The molecule has 5 rings (SSSR count). The third kappa shape index (κ3) is 2.04. The highest BCUT2D eigenvalue weighted by molar-refractivity contribution is 7.13. The highest BCUT2D eigenvalue weighted by Crippen LogP contribution is 2.31. The van der Waals surface area contributed by atoms with Crippen LogP contribution in [-0.4, -0.2) is 19.7 Å². The fourth-order valence-electron chi connectivity index (χ4n) is 3.13. The molecule has 0 bridgehead atoms. The van der Waals surface area contributed by atoms with Crippen molar-refractivity contribution in [3.63, 3.8) is 0 Å². The Morgan fingerprint density at radius 2 is 1.88 bits per heavy atom. The number of aromatic nitrogens is 4. The van der Waals surface area contributed by atoms with Crippen LogP contribution in [0.2, 0.25) is 0 Å². The molecule has 5 nitrogen and oxygen atoms in total. The van der Waals surface area contributed by atoms with Gasteiger partial charge in [-0.1, -0.05) is 24.3 Å². The van der Waals surface area contributed by atoms with Gasteiger partial charge in [0, 0.05) is 11.6 Å². The summed E-state index contributed by atoms with van der Waals surface area (Å²) in [5, 5.41) is 10.9. The number of benzene rings is 1. The highest BCUT2D eigenvalue weighted by atomic mass is 32.1. The molecule has 1 aromatic carbocycles. The molecule has 5 aromatic rings. The van der Waals surface area contributed by atoms with Crippen molar-refractivity contribution in [2.45, 2.75) is 0 Å². The highest BCUT2D eigenvalue weighted by Gasteiger charge is 2.19. The smallest absolute Gasteiger partial charge is 0.268 e. The molecule has 0 saturated carbocycles. The predicted octanol–water partition coefficient (Wildman–Crippen LogP) is 3.99. The van der Waals surface area contributed by atoms with E-state index in [4.69, 9.17) is 0 Å². The van der Waals surface area contributed by atoms with Gasteiger partial charge in [-0.3, -0.25) is 14.5 Å². The van der Waals surface area contributed by atoms with E-state index in [1.807, 2.05) is 60.0 Å². The molecule has 4 heterocycles. The van der Waals surface area contributed by atoms with Crippen molar-refractivity contribution in [1.29, 1.82) is 0 Å². The van der Waals surface area contributed by atoms with E-state index in [0.29, 0.717) is 16.6 Å². The molecule has 120 valence electrons. The molecular formula is C19H12N4OS. The Labute approximate surface area is 146 Å². The van der Waals surface area contributed by atoms with Gasteiger partial charge < -0.3 is 0 Å². The summed E-state index contributed by atoms with van der Waals surface area (Å²) in [5.74, 6) is 0. The standard InChI is InChI=1S/C19H12N4OS/c24-19-15-16(21-22-17(15)14-9-5-11-25-14)13-8-4-10-20-18(13)23(19)12-6-2-1-3-7-12/h1-11H,(H,21,22). The average Bonchev–Trinajstić information content (AvgIpc) is 3.32. The van der Waals surface area contributed by atoms with Crippen molar-refractivity contribution in [2.24, 2.45) is 0 Å². The maximum absolute atomic E-state index is 13.4. The topological polar surface area (TPSA) is 63.6 Å². The largest absolute Gasteiger partial charge is 0.276 e. The zero-order valence-electron chi connectivity index (χ0n) is 13.0. The van der Waals surface area contributed by atoms with Crippen LogP contribution in [0.3, 0.4) is 0 Å². The maximum Gasteiger partial charge on any atom is 0.268 e. The zero-order chi connectivity index (χ0) is 16.8. The summed E-state index contributed by atoms with van der Waals surface area (Å²) in [5.41, 5.74) is 2.69. The maximum atomic E-state index is 13.4. The van der Waals surface area contributed by atoms with Gasteiger partial charge in [0.05, 0.1) is 21.6 Å². The Morgan fingerprint density at radius 1 is 1.00 bits per heavy atom. The summed E-state index contributed by atoms with van der Waals surface area (Å²) in [6.07, 6.45) is 1.69. The number of rotatable bonds is 2. The lowest BCUT2D eigenvalue weighted by Gasteiger charge is -2.10. The second kappa shape index (κ2) is 5.39. The number of pyridine rings is 2. The molecule has 0 aliphatic carbocycles. The van der Waals surface area contributed by atoms with Crippen LogP contribution < -0.4 is 5.56 Å². The molecule has 0 aliphatic rings. The van der Waals surface area contributed by atoms with Crippen LogP contribution in [-0.2, 0) is 0 Å². The van der Waals surface area contributed by atoms with Crippen LogP contribution in [0.25, 0.3) is 38.2 Å². The molecular weight excluding hydrogens is 332 g/mol. The summed E-state index contributed by atoms with van der Waals surface area (Å²) < 4.78 is 1.66. The summed E-state index contributed by atoms with van der Waals surface area (Å²) in [7, 11) is 0. The van der Waals surface area contributed by atoms with Crippen LogP contribution in [0.15, 0.2) is 71.0 Å². The Balaban J connectivity index is 2.00. The summed E-state index contributed by atoms with van der Waals surface area (Å²) in [6, 6.07) is 17.3. The Bertz CT molecular complexity index is 1250. The third-order valence-electron chi connectivity index (χ3n) is 4.22. The lowest BCUT2D eigenvalue weighted by atomic mass is 10.1. The van der Waals surface area contributed by atoms with Crippen molar-refractivity contribution in [3.05, 3.63) is 76.5 Å². The van der Waals surface area contributed by atoms with E-state index in [1.165, 1.54) is 0 Å². The van der Waals surface area contributed by atoms with Crippen LogP contribution in [0.4, 0.5) is 0 Å². The number of thiophene rings is 1. The second-order valence-electron chi connectivity index (χ2n) is 5.65. The molecule has 0 atom stereocenters. The van der Waals surface area contributed by atoms with Crippen molar-refractivity contribution in [2.75, 3.05) is 0 Å². The van der Waals surface area contributed by atoms with Gasteiger partial charge in [-0.2, -0.15) is 5.10 Å². The number of para-hydroxylation sites is 1. The van der Waals surface area contributed by atoms with Gasteiger partial charge in [-0.15, -0.1) is 11.3 Å². The second-order valence-corrected chi connectivity index (χ2v) is 6.60. The quantitative estimate of drug-likeness (QED) is 0.527. The minimum absolute atomic E-state index is 0.121. The number of hydrogen-bond donors (Lipinski definition) is 1. The summed E-state index contributed by atoms with van der Waals surface area (Å²) in [6.45, 7) is 0. The summed E-state index contributed by atoms with van der Waals surface area (Å²) >= 11 is 1.58. The van der Waals surface area contributed by atoms with Crippen molar-refractivity contribution < 1.29 is 0 Å². The van der Waals surface area contributed by atoms with E-state index >= 15 is 0 Å². The van der Waals surface area contributed by atoms with Crippen molar-refractivity contribution in [1.82, 2.24) is 19.7 Å². The molecule has 0 aliphatic heterocycles. The molecule has 0 fully saturated rings. The molecule has 0 amide bonds. The molecule has 0 unspecified atom stereocenters. The van der Waals surface area contributed by atoms with Crippen molar-refractivity contribution >= 4 is 33.3 Å². The Kier molecular flexibility index (Phi) is 3.05. The summed E-state index contributed by atoms with van der Waals surface area (Å²) in [4.78, 5) is 18.8. The normalized spacial score (nSPS) is 11.4. The molecule has 0 saturated heterocycles. The first-order chi connectivity index (χ1) is 12.3. The third-order valence-corrected chi connectivity index (χ3v) is 5.11. The molecule has 1 N–H and O–H groups in total. The van der Waals surface area contributed by atoms with E-state index < -0.39 is 0 Å². The first kappa shape index (κ1) is 14.1. The number of H-pyrrole nitrogens is 1. The van der Waals surface area contributed by atoms with Gasteiger partial charge >= 0.3 is 0 Å². The first-order valence-electron chi connectivity index (χ1n) is 7.82. The van der Waals surface area contributed by atoms with Gasteiger partial charge in [0.25, 0.3) is 5.56 Å². The van der Waals surface area contributed by atoms with E-state index in [-0.39, 0.29) is 5.56 Å². The van der Waals surface area contributed by atoms with Gasteiger partial charge in [0.1, 0.15) is 11.2 Å². The SMILES string of the molecule is O=c1c2c(-c3cccs3)[nH]nc2c2cccnc2n1-c1ccccc1. The number of nitrogens with one attached hydrogen (secondary N) is 1. The Hall–Kier alpha value is -3.25. The fourth-order valence-corrected chi connectivity index (χ4v) is 3.86. The van der Waals surface area contributed by atoms with E-state index in [1.54, 1.807) is 22.1 Å². The lowest BCUT2D eigenvalue weighted by Crippen LogP contribution is -2.19. The number of aromatic amines is 1. The minimum atomic E-state index is -0.121. The van der Waals surface area contributed by atoms with Crippen LogP contribution >= 0.6 is 11.3 Å². The predicted molar refractivity (Wildman–Crippen MR) is 100 cm³/mol. The van der Waals surface area contributed by atoms with Crippen LogP contribution in [0.1, 0.15) is 0 Å². The minimum Gasteiger partial charge on any atom is -0.276 e. The van der Waals surface area contributed by atoms with Gasteiger partial charge in [-0.25, -0.2) is 4.98 Å². The number of hydrogen-bond acceptors (Lipinski definition) is 4. The van der Waals surface area contributed by atoms with Gasteiger partial charge in [-0.05, 0) is 35.7 Å². The van der Waals surface area contributed by atoms with Crippen molar-refractivity contribution in [3.8, 4) is 16.3 Å². The number of nitrogens with zero attached hydrogens (tertiary/aromatic N) is 3. The lowest BCUT2D eigenvalue weighted by molar-refractivity contribution is 1.03. The zero-order valence-corrected chi connectivity index (χ0v) is 13.8. The average molecular weight is 344 g/mol. The van der Waals surface area contributed by atoms with E-state index in [2.05, 4.69) is 15.2 Å². The molecule has 25 heavy (non-hydrogen) atoms. The molecule has 0 radical (unpaired) electrons. The first-order valence-corrected chi connectivity index (χ1v) is 8.69. The Morgan fingerprint density at radius 3 is 2.68 bits per heavy atom. The van der Waals surface area contributed by atoms with Crippen LogP contribution in [0.5, 0.6) is 0 Å². The monoisotopic (exact) mass is 344 g/mol. The van der Waals surface area contributed by atoms with E-state index in [9.17, 15) is 4.79 Å². The molecule has 6 heteroatoms. The molecule has 4 aromatic heterocycles. The van der Waals surface area contributed by atoms with E-state index in [0.717, 1.165) is 21.6 Å². The molecule has 0 spiro atoms. The van der Waals surface area contributed by atoms with Crippen LogP contribution in [0, 0.1) is 0 Å². The fraction of sp³-hybridized carbons (Fsp3) is 0. The number of fused-ring (bicyclic) bond motifs is 3. The van der Waals surface area contributed by atoms with Gasteiger partial charge in [0.2, 0.25) is 0 Å². The van der Waals surface area contributed by atoms with Gasteiger partial charge in [0.15, 0.2) is 0 Å².